The molecule has 0 bridgehead atoms. The lowest BCUT2D eigenvalue weighted by atomic mass is 10.1. The Hall–Kier alpha value is 0.0949. The van der Waals surface area contributed by atoms with Crippen molar-refractivity contribution in [3.05, 3.63) is 0 Å². The van der Waals surface area contributed by atoms with Gasteiger partial charge in [-0.05, 0) is 6.42 Å². The van der Waals surface area contributed by atoms with Crippen LogP contribution in [0.4, 0.5) is 0 Å². The minimum Gasteiger partial charge on any atom is -0.461 e. The summed E-state index contributed by atoms with van der Waals surface area (Å²) in [5.41, 5.74) is 0. The van der Waals surface area contributed by atoms with E-state index in [0.29, 0.717) is 0 Å². The van der Waals surface area contributed by atoms with Gasteiger partial charge in [-0.15, -0.1) is 23.2 Å². The largest absolute Gasteiger partial charge is 0.461 e. The molecule has 0 atom stereocenters. The highest BCUT2D eigenvalue weighted by atomic mass is 35.5. The number of hydrogen-bond donors (Lipinski definition) is 1. The first-order valence-corrected chi connectivity index (χ1v) is 5.38. The minimum atomic E-state index is -0.817. The van der Waals surface area contributed by atoms with Crippen LogP contribution in [0.25, 0.3) is 0 Å². The number of nitrogens with zero attached hydrogens (tertiary/aromatic N) is 1. The molecule has 0 aromatic heterocycles. The van der Waals surface area contributed by atoms with E-state index in [1.807, 2.05) is 6.07 Å². The Balaban J connectivity index is 0. The van der Waals surface area contributed by atoms with E-state index in [2.05, 4.69) is 15.0 Å². The van der Waals surface area contributed by atoms with E-state index in [-0.39, 0.29) is 6.42 Å². The first-order chi connectivity index (χ1) is 6.62. The lowest BCUT2D eigenvalue weighted by Gasteiger charge is -2.14. The third-order valence-electron chi connectivity index (χ3n) is 1.73. The molecule has 14 heavy (non-hydrogen) atoms. The molecule has 1 N–H and O–H groups in total. The van der Waals surface area contributed by atoms with Crippen molar-refractivity contribution in [2.24, 2.45) is 0 Å². The van der Waals surface area contributed by atoms with Gasteiger partial charge in [-0.2, -0.15) is 5.26 Å². The smallest absolute Gasteiger partial charge is 0.277 e. The Labute approximate surface area is 97.6 Å². The van der Waals surface area contributed by atoms with Crippen LogP contribution < -0.4 is 0 Å². The number of alkyl halides is 2. The van der Waals surface area contributed by atoms with Gasteiger partial charge < -0.3 is 5.02 Å². The molecular weight excluding hydrogens is 220 g/mol. The molecule has 0 saturated carbocycles. The van der Waals surface area contributed by atoms with Gasteiger partial charge in [0.2, 0.25) is 0 Å². The van der Waals surface area contributed by atoms with E-state index < -0.39 is 4.33 Å². The number of nitriles is 1. The highest BCUT2D eigenvalue weighted by Crippen LogP contribution is 2.31. The van der Waals surface area contributed by atoms with Crippen molar-refractivity contribution in [1.29, 1.82) is 5.26 Å². The molecule has 0 aliphatic heterocycles. The van der Waals surface area contributed by atoms with Crippen LogP contribution in [0.3, 0.4) is 0 Å². The molecule has 0 spiro atoms. The summed E-state index contributed by atoms with van der Waals surface area (Å²) < 4.78 is -0.817. The molecule has 0 aliphatic carbocycles. The van der Waals surface area contributed by atoms with Gasteiger partial charge >= 0.3 is 0 Å². The average Bonchev–Trinajstić information content (AvgIpc) is 2.16. The molecule has 0 aromatic rings. The monoisotopic (exact) mass is 235 g/mol. The second-order valence-electron chi connectivity index (χ2n) is 3.00. The van der Waals surface area contributed by atoms with Gasteiger partial charge in [0.1, 0.15) is 4.33 Å². The van der Waals surface area contributed by atoms with E-state index in [0.717, 1.165) is 19.3 Å². The molecule has 0 saturated heterocycles. The first-order valence-electron chi connectivity index (χ1n) is 4.63. The van der Waals surface area contributed by atoms with Crippen LogP contribution in [0.15, 0.2) is 0 Å². The van der Waals surface area contributed by atoms with Gasteiger partial charge in [-0.1, -0.05) is 32.6 Å². The zero-order valence-electron chi connectivity index (χ0n) is 8.47. The van der Waals surface area contributed by atoms with Gasteiger partial charge in [0.25, 0.3) is 8.05 Å². The maximum Gasteiger partial charge on any atom is 0.277 e. The van der Waals surface area contributed by atoms with Crippen molar-refractivity contribution < 1.29 is 5.02 Å². The van der Waals surface area contributed by atoms with E-state index in [9.17, 15) is 0 Å². The Bertz CT molecular complexity index is 159. The summed E-state index contributed by atoms with van der Waals surface area (Å²) in [6.45, 7) is 2.16. The average molecular weight is 236 g/mol. The van der Waals surface area contributed by atoms with Crippen molar-refractivity contribution in [1.82, 2.24) is 0 Å². The van der Waals surface area contributed by atoms with Crippen molar-refractivity contribution in [2.45, 2.75) is 49.8 Å². The molecule has 0 aromatic carbocycles. The second kappa shape index (κ2) is 11.2. The third kappa shape index (κ3) is 12.1. The molecule has 80 valence electrons. The standard InChI is InChI=1S/C9H15Cl2N.BHO/c1-2-3-4-5-6-9(10,11)7-8-12;1-2/h2-7H2,1H3;2H. The summed E-state index contributed by atoms with van der Waals surface area (Å²) in [5.74, 6) is 0. The Morgan fingerprint density at radius 2 is 1.86 bits per heavy atom. The van der Waals surface area contributed by atoms with Crippen LogP contribution >= 0.6 is 23.2 Å². The fourth-order valence-electron chi connectivity index (χ4n) is 1.01. The molecule has 2 nitrogen and oxygen atoms in total. The van der Waals surface area contributed by atoms with Crippen molar-refractivity contribution in [3.8, 4) is 6.07 Å². The summed E-state index contributed by atoms with van der Waals surface area (Å²) in [5, 5.41) is 14.9. The molecule has 5 heteroatoms. The number of halogens is 2. The molecule has 2 radical (unpaired) electrons. The van der Waals surface area contributed by atoms with Crippen LogP contribution in [0.5, 0.6) is 0 Å². The quantitative estimate of drug-likeness (QED) is 0.437. The predicted octanol–water partition coefficient (Wildman–Crippen LogP) is 3.11. The van der Waals surface area contributed by atoms with Crippen LogP contribution in [-0.2, 0) is 0 Å². The second-order valence-corrected chi connectivity index (χ2v) is 4.64. The lowest BCUT2D eigenvalue weighted by molar-refractivity contribution is 0.593. The molecule has 0 unspecified atom stereocenters. The van der Waals surface area contributed by atoms with Crippen LogP contribution in [-0.4, -0.2) is 17.4 Å². The van der Waals surface area contributed by atoms with Gasteiger partial charge in [-0.3, -0.25) is 0 Å². The summed E-state index contributed by atoms with van der Waals surface area (Å²) in [7, 11) is 3.50. The van der Waals surface area contributed by atoms with Gasteiger partial charge in [-0.25, -0.2) is 0 Å². The van der Waals surface area contributed by atoms with E-state index >= 15 is 0 Å². The van der Waals surface area contributed by atoms with E-state index in [4.69, 9.17) is 33.5 Å². The lowest BCUT2D eigenvalue weighted by Crippen LogP contribution is -2.10. The molecule has 0 heterocycles. The maximum atomic E-state index is 8.39. The minimum absolute atomic E-state index is 0.224. The van der Waals surface area contributed by atoms with Crippen molar-refractivity contribution >= 4 is 31.3 Å². The number of hydrogen-bond acceptors (Lipinski definition) is 2. The predicted molar refractivity (Wildman–Crippen MR) is 61.4 cm³/mol. The maximum absolute atomic E-state index is 8.39. The van der Waals surface area contributed by atoms with Crippen LogP contribution in [0.1, 0.15) is 45.4 Å². The zero-order valence-corrected chi connectivity index (χ0v) is 9.98. The Kier molecular flexibility index (Phi) is 13.2. The van der Waals surface area contributed by atoms with Crippen LogP contribution in [0.2, 0.25) is 0 Å². The Morgan fingerprint density at radius 1 is 1.29 bits per heavy atom. The van der Waals surface area contributed by atoms with E-state index in [1.54, 1.807) is 0 Å². The SMILES string of the molecule is CCCCCCC(Cl)(Cl)CC#N.[B]O. The topological polar surface area (TPSA) is 44.0 Å². The normalized spacial score (nSPS) is 9.93. The molecule has 0 fully saturated rings. The fraction of sp³-hybridized carbons (Fsp3) is 0.889. The zero-order chi connectivity index (χ0) is 11.4. The van der Waals surface area contributed by atoms with Crippen LogP contribution in [0, 0.1) is 11.3 Å². The van der Waals surface area contributed by atoms with Crippen molar-refractivity contribution in [2.75, 3.05) is 0 Å². The molecule has 0 amide bonds. The molecular formula is C9H16BCl2NO. The summed E-state index contributed by atoms with van der Waals surface area (Å²) in [4.78, 5) is 0. The molecule has 0 aliphatic rings. The highest BCUT2D eigenvalue weighted by Gasteiger charge is 2.22. The first kappa shape index (κ1) is 16.5. The Morgan fingerprint density at radius 3 is 2.29 bits per heavy atom. The number of rotatable bonds is 6. The van der Waals surface area contributed by atoms with Crippen molar-refractivity contribution in [3.63, 3.8) is 0 Å². The van der Waals surface area contributed by atoms with E-state index in [1.165, 1.54) is 12.8 Å². The van der Waals surface area contributed by atoms with Gasteiger partial charge in [0.15, 0.2) is 0 Å². The fourth-order valence-corrected chi connectivity index (χ4v) is 1.40. The summed E-state index contributed by atoms with van der Waals surface area (Å²) >= 11 is 11.7. The third-order valence-corrected chi connectivity index (χ3v) is 2.38. The van der Waals surface area contributed by atoms with Gasteiger partial charge in [0, 0.05) is 0 Å². The highest BCUT2D eigenvalue weighted by molar-refractivity contribution is 6.48. The molecule has 0 rings (SSSR count). The number of unbranched alkanes of at least 4 members (excludes halogenated alkanes) is 3. The summed E-state index contributed by atoms with van der Waals surface area (Å²) in [6.07, 6.45) is 5.55. The van der Waals surface area contributed by atoms with Gasteiger partial charge in [0.05, 0.1) is 12.5 Å². The summed E-state index contributed by atoms with van der Waals surface area (Å²) in [6, 6.07) is 1.98.